The fourth-order valence-corrected chi connectivity index (χ4v) is 2.71. The number of nitrogens with zero attached hydrogens (tertiary/aromatic N) is 1. The molecule has 1 aromatic carbocycles. The lowest BCUT2D eigenvalue weighted by molar-refractivity contribution is 0.286. The van der Waals surface area contributed by atoms with Gasteiger partial charge in [-0.3, -0.25) is 0 Å². The molecule has 1 aromatic heterocycles. The fourth-order valence-electron chi connectivity index (χ4n) is 1.60. The highest BCUT2D eigenvalue weighted by Gasteiger charge is 2.16. The van der Waals surface area contributed by atoms with E-state index in [-0.39, 0.29) is 6.61 Å². The van der Waals surface area contributed by atoms with Gasteiger partial charge in [0.05, 0.1) is 31.4 Å². The summed E-state index contributed by atoms with van der Waals surface area (Å²) in [5.74, 6) is 0.709. The van der Waals surface area contributed by atoms with Crippen LogP contribution in [0.25, 0.3) is 11.3 Å². The summed E-state index contributed by atoms with van der Waals surface area (Å²) in [6.07, 6.45) is 0. The lowest BCUT2D eigenvalue weighted by Gasteiger charge is -2.07. The first kappa shape index (κ1) is 13.3. The minimum atomic E-state index is -0.0774. The third kappa shape index (κ3) is 2.50. The summed E-state index contributed by atoms with van der Waals surface area (Å²) in [5.41, 5.74) is 1.52. The molecule has 0 aliphatic rings. The Labute approximate surface area is 117 Å². The summed E-state index contributed by atoms with van der Waals surface area (Å²) in [6.45, 7) is -0.0774. The molecule has 2 aromatic rings. The number of methoxy groups -OCH3 is 2. The summed E-state index contributed by atoms with van der Waals surface area (Å²) in [7, 11) is 3.16. The molecule has 2 rings (SSSR count). The standard InChI is InChI=1S/C12H12BrNO3S/c1-16-9-4-3-7(13)5-8(9)11-10(6-15)18-12(14-11)17-2/h3-5,15H,6H2,1-2H3. The number of aromatic nitrogens is 1. The first-order valence-corrected chi connectivity index (χ1v) is 6.79. The van der Waals surface area contributed by atoms with E-state index in [9.17, 15) is 5.11 Å². The molecule has 1 heterocycles. The van der Waals surface area contributed by atoms with E-state index in [4.69, 9.17) is 9.47 Å². The van der Waals surface area contributed by atoms with Crippen LogP contribution in [0.5, 0.6) is 10.9 Å². The molecule has 0 radical (unpaired) electrons. The number of hydrogen-bond donors (Lipinski definition) is 1. The van der Waals surface area contributed by atoms with Gasteiger partial charge in [0.15, 0.2) is 0 Å². The molecule has 6 heteroatoms. The molecule has 0 saturated heterocycles. The Morgan fingerprint density at radius 3 is 2.72 bits per heavy atom. The Morgan fingerprint density at radius 1 is 1.33 bits per heavy atom. The van der Waals surface area contributed by atoms with Crippen molar-refractivity contribution in [2.24, 2.45) is 0 Å². The van der Waals surface area contributed by atoms with Crippen LogP contribution < -0.4 is 9.47 Å². The summed E-state index contributed by atoms with van der Waals surface area (Å²) >= 11 is 4.74. The Balaban J connectivity index is 2.59. The van der Waals surface area contributed by atoms with Crippen molar-refractivity contribution in [1.29, 1.82) is 0 Å². The Kier molecular flexibility index (Phi) is 4.21. The molecule has 0 aliphatic carbocycles. The maximum absolute atomic E-state index is 9.38. The smallest absolute Gasteiger partial charge is 0.273 e. The lowest BCUT2D eigenvalue weighted by Crippen LogP contribution is -1.91. The van der Waals surface area contributed by atoms with Crippen LogP contribution in [-0.2, 0) is 6.61 Å². The normalized spacial score (nSPS) is 10.4. The zero-order chi connectivity index (χ0) is 13.1. The van der Waals surface area contributed by atoms with E-state index in [2.05, 4.69) is 20.9 Å². The zero-order valence-electron chi connectivity index (χ0n) is 9.94. The van der Waals surface area contributed by atoms with Gasteiger partial charge in [-0.15, -0.1) is 0 Å². The van der Waals surface area contributed by atoms with Crippen LogP contribution in [0.1, 0.15) is 4.88 Å². The van der Waals surface area contributed by atoms with Gasteiger partial charge in [0.1, 0.15) is 5.75 Å². The average Bonchev–Trinajstić information content (AvgIpc) is 2.81. The predicted molar refractivity (Wildman–Crippen MR) is 74.3 cm³/mol. The first-order chi connectivity index (χ1) is 8.69. The number of ether oxygens (including phenoxy) is 2. The third-order valence-electron chi connectivity index (χ3n) is 2.41. The highest BCUT2D eigenvalue weighted by Crippen LogP contribution is 2.38. The molecule has 1 N–H and O–H groups in total. The van der Waals surface area contributed by atoms with Crippen LogP contribution >= 0.6 is 27.3 Å². The van der Waals surface area contributed by atoms with Gasteiger partial charge in [-0.25, -0.2) is 4.98 Å². The van der Waals surface area contributed by atoms with Gasteiger partial charge < -0.3 is 14.6 Å². The molecule has 0 amide bonds. The largest absolute Gasteiger partial charge is 0.496 e. The van der Waals surface area contributed by atoms with Crippen LogP contribution in [0.3, 0.4) is 0 Å². The number of thiazole rings is 1. The Bertz CT molecular complexity index is 556. The SMILES string of the molecule is COc1nc(-c2cc(Br)ccc2OC)c(CO)s1. The number of aliphatic hydroxyl groups excluding tert-OH is 1. The topological polar surface area (TPSA) is 51.6 Å². The van der Waals surface area contributed by atoms with Crippen molar-refractivity contribution in [2.45, 2.75) is 6.61 Å². The molecular formula is C12H12BrNO3S. The summed E-state index contributed by atoms with van der Waals surface area (Å²) < 4.78 is 11.3. The molecule has 0 unspecified atom stereocenters. The van der Waals surface area contributed by atoms with Gasteiger partial charge >= 0.3 is 0 Å². The van der Waals surface area contributed by atoms with Crippen molar-refractivity contribution in [2.75, 3.05) is 14.2 Å². The van der Waals surface area contributed by atoms with Gasteiger partial charge in [0.25, 0.3) is 5.19 Å². The van der Waals surface area contributed by atoms with E-state index in [0.29, 0.717) is 16.6 Å². The summed E-state index contributed by atoms with van der Waals surface area (Å²) in [6, 6.07) is 5.66. The molecular weight excluding hydrogens is 318 g/mol. The maximum atomic E-state index is 9.38. The van der Waals surface area contributed by atoms with Gasteiger partial charge in [-0.2, -0.15) is 0 Å². The van der Waals surface area contributed by atoms with Gasteiger partial charge in [0, 0.05) is 10.0 Å². The predicted octanol–water partition coefficient (Wildman–Crippen LogP) is 3.08. The van der Waals surface area contributed by atoms with Crippen LogP contribution in [-0.4, -0.2) is 24.3 Å². The second kappa shape index (κ2) is 5.69. The molecule has 0 fully saturated rings. The minimum absolute atomic E-state index is 0.0774. The van der Waals surface area contributed by atoms with Gasteiger partial charge in [0.2, 0.25) is 0 Å². The van der Waals surface area contributed by atoms with E-state index in [1.54, 1.807) is 14.2 Å². The highest BCUT2D eigenvalue weighted by atomic mass is 79.9. The minimum Gasteiger partial charge on any atom is -0.496 e. The van der Waals surface area contributed by atoms with Crippen LogP contribution in [0, 0.1) is 0 Å². The summed E-state index contributed by atoms with van der Waals surface area (Å²) in [5, 5.41) is 9.91. The quantitative estimate of drug-likeness (QED) is 0.936. The fraction of sp³-hybridized carbons (Fsp3) is 0.250. The first-order valence-electron chi connectivity index (χ1n) is 5.18. The molecule has 0 spiro atoms. The lowest BCUT2D eigenvalue weighted by atomic mass is 10.1. The third-order valence-corrected chi connectivity index (χ3v) is 3.91. The maximum Gasteiger partial charge on any atom is 0.273 e. The second-order valence-electron chi connectivity index (χ2n) is 3.46. The molecule has 0 aliphatic heterocycles. The van der Waals surface area contributed by atoms with Gasteiger partial charge in [-0.1, -0.05) is 27.3 Å². The molecule has 0 atom stereocenters. The van der Waals surface area contributed by atoms with Crippen molar-refractivity contribution in [3.63, 3.8) is 0 Å². The van der Waals surface area contributed by atoms with Crippen molar-refractivity contribution >= 4 is 27.3 Å². The van der Waals surface area contributed by atoms with Crippen molar-refractivity contribution in [3.8, 4) is 22.2 Å². The van der Waals surface area contributed by atoms with E-state index >= 15 is 0 Å². The molecule has 0 saturated carbocycles. The van der Waals surface area contributed by atoms with Crippen molar-refractivity contribution in [1.82, 2.24) is 4.98 Å². The number of aliphatic hydroxyl groups is 1. The van der Waals surface area contributed by atoms with E-state index in [0.717, 1.165) is 14.9 Å². The van der Waals surface area contributed by atoms with Crippen molar-refractivity contribution in [3.05, 3.63) is 27.5 Å². The molecule has 4 nitrogen and oxygen atoms in total. The number of hydrogen-bond acceptors (Lipinski definition) is 5. The van der Waals surface area contributed by atoms with E-state index < -0.39 is 0 Å². The number of rotatable bonds is 4. The van der Waals surface area contributed by atoms with Crippen molar-refractivity contribution < 1.29 is 14.6 Å². The molecule has 96 valence electrons. The van der Waals surface area contributed by atoms with Crippen LogP contribution in [0.2, 0.25) is 0 Å². The van der Waals surface area contributed by atoms with E-state index in [1.165, 1.54) is 11.3 Å². The molecule has 18 heavy (non-hydrogen) atoms. The van der Waals surface area contributed by atoms with Crippen LogP contribution in [0.15, 0.2) is 22.7 Å². The summed E-state index contributed by atoms with van der Waals surface area (Å²) in [4.78, 5) is 5.11. The number of halogens is 1. The highest BCUT2D eigenvalue weighted by molar-refractivity contribution is 9.10. The average molecular weight is 330 g/mol. The van der Waals surface area contributed by atoms with E-state index in [1.807, 2.05) is 18.2 Å². The molecule has 0 bridgehead atoms. The monoisotopic (exact) mass is 329 g/mol. The zero-order valence-corrected chi connectivity index (χ0v) is 12.3. The van der Waals surface area contributed by atoms with Gasteiger partial charge in [-0.05, 0) is 18.2 Å². The number of benzene rings is 1. The van der Waals surface area contributed by atoms with Crippen LogP contribution in [0.4, 0.5) is 0 Å². The second-order valence-corrected chi connectivity index (χ2v) is 5.42. The Hall–Kier alpha value is -1.11. The Morgan fingerprint density at radius 2 is 2.11 bits per heavy atom.